The molecule has 0 aliphatic rings. The van der Waals surface area contributed by atoms with E-state index < -0.39 is 0 Å². The molecule has 4 aromatic carbocycles. The van der Waals surface area contributed by atoms with Gasteiger partial charge in [0.05, 0.1) is 16.8 Å². The first-order valence-electron chi connectivity index (χ1n) is 10.7. The molecule has 1 N–H and O–H groups in total. The number of carbonyl (C=O) groups is 1. The third-order valence-electron chi connectivity index (χ3n) is 5.42. The number of hydrogen-bond acceptors (Lipinski definition) is 4. The number of hydrogen-bond donors (Lipinski definition) is 1. The Morgan fingerprint density at radius 3 is 2.61 bits per heavy atom. The summed E-state index contributed by atoms with van der Waals surface area (Å²) in [5.74, 6) is 0.702. The minimum Gasteiger partial charge on any atom is -0.494 e. The average molecular weight is 473 g/mol. The molecule has 0 unspecified atom stereocenters. The highest BCUT2D eigenvalue weighted by Crippen LogP contribution is 2.44. The van der Waals surface area contributed by atoms with Crippen LogP contribution in [0.15, 0.2) is 72.8 Å². The fourth-order valence-corrected chi connectivity index (χ4v) is 5.32. The number of nitrogens with one attached hydrogen (secondary N) is 1. The Morgan fingerprint density at radius 1 is 1.00 bits per heavy atom. The van der Waals surface area contributed by atoms with Gasteiger partial charge in [0.2, 0.25) is 5.91 Å². The standard InChI is InChI=1S/C27H21ClN2O2S/c1-3-32-17-11-14-23-25(15-17)33-27(30-23)21-9-6-10-24(29-16(2)31)26(21)20-12-13-22(28)19-8-5-4-7-18(19)20/h4-15H,3H2,1-2H3,(H,29,31). The zero-order valence-electron chi connectivity index (χ0n) is 18.2. The van der Waals surface area contributed by atoms with E-state index in [1.54, 1.807) is 11.3 Å². The molecular formula is C27H21ClN2O2S. The lowest BCUT2D eigenvalue weighted by Gasteiger charge is -2.17. The Hall–Kier alpha value is -3.41. The van der Waals surface area contributed by atoms with Crippen molar-refractivity contribution in [3.05, 3.63) is 77.8 Å². The maximum absolute atomic E-state index is 12.0. The summed E-state index contributed by atoms with van der Waals surface area (Å²) >= 11 is 8.10. The van der Waals surface area contributed by atoms with E-state index in [0.717, 1.165) is 54.1 Å². The van der Waals surface area contributed by atoms with E-state index in [1.165, 1.54) is 6.92 Å². The molecule has 0 atom stereocenters. The molecule has 5 rings (SSSR count). The fraction of sp³-hybridized carbons (Fsp3) is 0.111. The van der Waals surface area contributed by atoms with Crippen molar-refractivity contribution in [2.24, 2.45) is 0 Å². The predicted octanol–water partition coefficient (Wildman–Crippen LogP) is 7.79. The molecule has 1 heterocycles. The van der Waals surface area contributed by atoms with Crippen LogP contribution in [0.2, 0.25) is 5.02 Å². The monoisotopic (exact) mass is 472 g/mol. The number of thiazole rings is 1. The van der Waals surface area contributed by atoms with Gasteiger partial charge in [0.1, 0.15) is 10.8 Å². The summed E-state index contributed by atoms with van der Waals surface area (Å²) in [5, 5.41) is 6.55. The van der Waals surface area contributed by atoms with Gasteiger partial charge in [-0.05, 0) is 48.2 Å². The summed E-state index contributed by atoms with van der Waals surface area (Å²) in [6.45, 7) is 4.10. The molecule has 0 aliphatic heterocycles. The summed E-state index contributed by atoms with van der Waals surface area (Å²) in [6, 6.07) is 23.8. The molecule has 1 amide bonds. The minimum absolute atomic E-state index is 0.127. The number of anilines is 1. The van der Waals surface area contributed by atoms with Crippen molar-refractivity contribution >= 4 is 55.5 Å². The first-order chi connectivity index (χ1) is 16.0. The van der Waals surface area contributed by atoms with E-state index in [2.05, 4.69) is 11.4 Å². The lowest BCUT2D eigenvalue weighted by Crippen LogP contribution is -2.07. The van der Waals surface area contributed by atoms with Crippen LogP contribution >= 0.6 is 22.9 Å². The minimum atomic E-state index is -0.127. The van der Waals surface area contributed by atoms with Crippen LogP contribution in [0.3, 0.4) is 0 Å². The van der Waals surface area contributed by atoms with Crippen LogP contribution in [0.25, 0.3) is 42.7 Å². The first-order valence-corrected chi connectivity index (χ1v) is 11.9. The van der Waals surface area contributed by atoms with Crippen LogP contribution in [-0.4, -0.2) is 17.5 Å². The highest BCUT2D eigenvalue weighted by molar-refractivity contribution is 7.21. The van der Waals surface area contributed by atoms with Gasteiger partial charge in [-0.25, -0.2) is 4.98 Å². The topological polar surface area (TPSA) is 51.2 Å². The highest BCUT2D eigenvalue weighted by atomic mass is 35.5. The van der Waals surface area contributed by atoms with Crippen molar-refractivity contribution in [2.45, 2.75) is 13.8 Å². The molecule has 0 saturated heterocycles. The Morgan fingerprint density at radius 2 is 1.82 bits per heavy atom. The van der Waals surface area contributed by atoms with Crippen LogP contribution in [0.1, 0.15) is 13.8 Å². The van der Waals surface area contributed by atoms with Crippen molar-refractivity contribution in [3.8, 4) is 27.4 Å². The molecule has 0 radical (unpaired) electrons. The largest absolute Gasteiger partial charge is 0.494 e. The molecule has 0 bridgehead atoms. The van der Waals surface area contributed by atoms with Crippen LogP contribution in [0, 0.1) is 0 Å². The molecular weight excluding hydrogens is 452 g/mol. The Kier molecular flexibility index (Phi) is 5.75. The lowest BCUT2D eigenvalue weighted by molar-refractivity contribution is -0.114. The van der Waals surface area contributed by atoms with Gasteiger partial charge in [-0.15, -0.1) is 11.3 Å². The maximum Gasteiger partial charge on any atom is 0.221 e. The zero-order chi connectivity index (χ0) is 22.9. The molecule has 1 aromatic heterocycles. The lowest BCUT2D eigenvalue weighted by atomic mass is 9.93. The van der Waals surface area contributed by atoms with E-state index in [9.17, 15) is 4.79 Å². The van der Waals surface area contributed by atoms with Crippen molar-refractivity contribution in [3.63, 3.8) is 0 Å². The van der Waals surface area contributed by atoms with Gasteiger partial charge in [0.15, 0.2) is 0 Å². The number of ether oxygens (including phenoxy) is 1. The van der Waals surface area contributed by atoms with Crippen LogP contribution < -0.4 is 10.1 Å². The highest BCUT2D eigenvalue weighted by Gasteiger charge is 2.19. The normalized spacial score (nSPS) is 11.1. The molecule has 0 fully saturated rings. The predicted molar refractivity (Wildman–Crippen MR) is 138 cm³/mol. The maximum atomic E-state index is 12.0. The number of amides is 1. The van der Waals surface area contributed by atoms with Crippen LogP contribution in [0.5, 0.6) is 5.75 Å². The number of aromatic nitrogens is 1. The summed E-state index contributed by atoms with van der Waals surface area (Å²) in [5.41, 5.74) is 4.51. The number of fused-ring (bicyclic) bond motifs is 2. The molecule has 6 heteroatoms. The zero-order valence-corrected chi connectivity index (χ0v) is 19.8. The number of halogens is 1. The van der Waals surface area contributed by atoms with E-state index in [1.807, 2.05) is 73.7 Å². The summed E-state index contributed by atoms with van der Waals surface area (Å²) in [6.07, 6.45) is 0. The molecule has 0 saturated carbocycles. The van der Waals surface area contributed by atoms with E-state index >= 15 is 0 Å². The van der Waals surface area contributed by atoms with Crippen LogP contribution in [0.4, 0.5) is 5.69 Å². The number of carbonyl (C=O) groups excluding carboxylic acids is 1. The smallest absolute Gasteiger partial charge is 0.221 e. The van der Waals surface area contributed by atoms with Gasteiger partial charge < -0.3 is 10.1 Å². The number of benzene rings is 4. The van der Waals surface area contributed by atoms with Gasteiger partial charge in [0.25, 0.3) is 0 Å². The number of rotatable bonds is 5. The molecule has 164 valence electrons. The third kappa shape index (κ3) is 4.06. The van der Waals surface area contributed by atoms with E-state index in [0.29, 0.717) is 11.6 Å². The average Bonchev–Trinajstić information content (AvgIpc) is 3.23. The van der Waals surface area contributed by atoms with Gasteiger partial charge in [-0.2, -0.15) is 0 Å². The SMILES string of the molecule is CCOc1ccc2nc(-c3cccc(NC(C)=O)c3-c3ccc(Cl)c4ccccc34)sc2c1. The summed E-state index contributed by atoms with van der Waals surface area (Å²) < 4.78 is 6.71. The van der Waals surface area contributed by atoms with Crippen molar-refractivity contribution in [1.82, 2.24) is 4.98 Å². The Bertz CT molecular complexity index is 1510. The third-order valence-corrected chi connectivity index (χ3v) is 6.80. The first kappa shape index (κ1) is 21.4. The summed E-state index contributed by atoms with van der Waals surface area (Å²) in [4.78, 5) is 17.0. The van der Waals surface area contributed by atoms with Crippen molar-refractivity contribution in [2.75, 3.05) is 11.9 Å². The molecule has 0 aliphatic carbocycles. The fourth-order valence-electron chi connectivity index (χ4n) is 4.07. The quantitative estimate of drug-likeness (QED) is 0.284. The molecule has 4 nitrogen and oxygen atoms in total. The van der Waals surface area contributed by atoms with E-state index in [4.69, 9.17) is 21.3 Å². The van der Waals surface area contributed by atoms with E-state index in [-0.39, 0.29) is 5.91 Å². The second-order valence-electron chi connectivity index (χ2n) is 7.63. The van der Waals surface area contributed by atoms with Gasteiger partial charge >= 0.3 is 0 Å². The number of nitrogens with zero attached hydrogens (tertiary/aromatic N) is 1. The van der Waals surface area contributed by atoms with Gasteiger partial charge in [-0.3, -0.25) is 4.79 Å². The second kappa shape index (κ2) is 8.85. The van der Waals surface area contributed by atoms with Crippen LogP contribution in [-0.2, 0) is 4.79 Å². The van der Waals surface area contributed by atoms with Gasteiger partial charge in [-0.1, -0.05) is 54.1 Å². The summed E-state index contributed by atoms with van der Waals surface area (Å²) in [7, 11) is 0. The van der Waals surface area contributed by atoms with Crippen molar-refractivity contribution < 1.29 is 9.53 Å². The van der Waals surface area contributed by atoms with Gasteiger partial charge in [0, 0.05) is 34.1 Å². The molecule has 33 heavy (non-hydrogen) atoms. The Labute approximate surface area is 200 Å². The van der Waals surface area contributed by atoms with Crippen molar-refractivity contribution in [1.29, 1.82) is 0 Å². The second-order valence-corrected chi connectivity index (χ2v) is 9.07. The molecule has 0 spiro atoms. The molecule has 5 aromatic rings. The Balaban J connectivity index is 1.78.